The first-order valence-corrected chi connectivity index (χ1v) is 10.4. The van der Waals surface area contributed by atoms with E-state index in [0.717, 1.165) is 21.8 Å². The molecule has 0 saturated carbocycles. The van der Waals surface area contributed by atoms with Crippen LogP contribution in [0.2, 0.25) is 0 Å². The molecule has 0 bridgehead atoms. The molecule has 3 aromatic rings. The van der Waals surface area contributed by atoms with Gasteiger partial charge >= 0.3 is 0 Å². The lowest BCUT2D eigenvalue weighted by atomic mass is 10.0. The van der Waals surface area contributed by atoms with Crippen LogP contribution >= 0.6 is 27.3 Å². The number of hydrogen-bond acceptors (Lipinski definition) is 8. The third-order valence-corrected chi connectivity index (χ3v) is 6.07. The largest absolute Gasteiger partial charge is 0.375 e. The monoisotopic (exact) mass is 480 g/mol. The zero-order valence-corrected chi connectivity index (χ0v) is 18.0. The lowest BCUT2D eigenvalue weighted by molar-refractivity contribution is 0.0662. The number of benzene rings is 2. The molecule has 0 saturated heterocycles. The topological polar surface area (TPSA) is 125 Å². The number of thiazole rings is 1. The van der Waals surface area contributed by atoms with Crippen molar-refractivity contribution in [3.05, 3.63) is 57.6 Å². The molecule has 0 spiro atoms. The van der Waals surface area contributed by atoms with Gasteiger partial charge in [0.1, 0.15) is 17.5 Å². The standard InChI is InChI=1S/C20H13BrN6O2S/c1-2-27-18(28)12-8-11(9-22)15(14(21)13(12)19(27)29)25-26-17-16(24-20(23)30-17)10-6-4-3-5-7-10/h3-8H,2H2,1H3,(H2,23,24)/b26-25+. The van der Waals surface area contributed by atoms with Crippen molar-refractivity contribution >= 4 is 54.9 Å². The highest BCUT2D eigenvalue weighted by molar-refractivity contribution is 9.10. The first kappa shape index (κ1) is 19.9. The number of hydrogen-bond donors (Lipinski definition) is 1. The predicted octanol–water partition coefficient (Wildman–Crippen LogP) is 5.06. The second-order valence-electron chi connectivity index (χ2n) is 6.25. The van der Waals surface area contributed by atoms with Crippen molar-refractivity contribution in [2.24, 2.45) is 10.2 Å². The van der Waals surface area contributed by atoms with Gasteiger partial charge in [0, 0.05) is 12.1 Å². The fourth-order valence-corrected chi connectivity index (χ4v) is 4.49. The Bertz CT molecular complexity index is 1260. The first-order chi connectivity index (χ1) is 14.5. The molecular formula is C20H13BrN6O2S. The number of imide groups is 1. The van der Waals surface area contributed by atoms with Crippen molar-refractivity contribution in [3.63, 3.8) is 0 Å². The zero-order chi connectivity index (χ0) is 21.4. The van der Waals surface area contributed by atoms with E-state index in [-0.39, 0.29) is 33.4 Å². The predicted molar refractivity (Wildman–Crippen MR) is 116 cm³/mol. The number of nitrogen functional groups attached to an aromatic ring is 1. The van der Waals surface area contributed by atoms with Gasteiger partial charge in [0.05, 0.1) is 21.2 Å². The van der Waals surface area contributed by atoms with Gasteiger partial charge in [-0.15, -0.1) is 10.2 Å². The maximum atomic E-state index is 12.6. The quantitative estimate of drug-likeness (QED) is 0.412. The van der Waals surface area contributed by atoms with Gasteiger partial charge in [0.2, 0.25) is 0 Å². The van der Waals surface area contributed by atoms with Crippen molar-refractivity contribution in [1.29, 1.82) is 5.26 Å². The second kappa shape index (κ2) is 7.78. The highest BCUT2D eigenvalue weighted by atomic mass is 79.9. The average Bonchev–Trinajstić information content (AvgIpc) is 3.24. The minimum absolute atomic E-state index is 0.127. The van der Waals surface area contributed by atoms with Crippen LogP contribution in [0.5, 0.6) is 0 Å². The number of amides is 2. The molecule has 0 aliphatic carbocycles. The molecule has 2 heterocycles. The van der Waals surface area contributed by atoms with Crippen molar-refractivity contribution in [2.75, 3.05) is 12.3 Å². The molecule has 0 unspecified atom stereocenters. The molecule has 30 heavy (non-hydrogen) atoms. The molecule has 0 fully saturated rings. The van der Waals surface area contributed by atoms with Gasteiger partial charge in [0.25, 0.3) is 11.8 Å². The van der Waals surface area contributed by atoms with Gasteiger partial charge in [-0.2, -0.15) is 5.26 Å². The van der Waals surface area contributed by atoms with Crippen LogP contribution in [0.4, 0.5) is 15.8 Å². The van der Waals surface area contributed by atoms with Crippen LogP contribution in [0.25, 0.3) is 11.3 Å². The summed E-state index contributed by atoms with van der Waals surface area (Å²) in [5, 5.41) is 18.9. The summed E-state index contributed by atoms with van der Waals surface area (Å²) in [6, 6.07) is 12.8. The molecule has 1 aromatic heterocycles. The van der Waals surface area contributed by atoms with Gasteiger partial charge in [-0.3, -0.25) is 14.5 Å². The molecule has 2 amide bonds. The fourth-order valence-electron chi connectivity index (χ4n) is 3.14. The number of nitriles is 1. The molecule has 0 atom stereocenters. The summed E-state index contributed by atoms with van der Waals surface area (Å²) in [6.45, 7) is 1.94. The van der Waals surface area contributed by atoms with Crippen LogP contribution in [0.3, 0.4) is 0 Å². The molecule has 0 radical (unpaired) electrons. The van der Waals surface area contributed by atoms with E-state index in [2.05, 4.69) is 31.1 Å². The number of anilines is 1. The number of carbonyl (C=O) groups excluding carboxylic acids is 2. The Labute approximate surface area is 183 Å². The summed E-state index contributed by atoms with van der Waals surface area (Å²) in [7, 11) is 0. The third-order valence-electron chi connectivity index (χ3n) is 4.53. The SMILES string of the molecule is CCN1C(=O)c2cc(C#N)c(/N=N/c3sc(N)nc3-c3ccccc3)c(Br)c2C1=O. The molecule has 4 rings (SSSR count). The van der Waals surface area contributed by atoms with Gasteiger partial charge < -0.3 is 5.73 Å². The second-order valence-corrected chi connectivity index (χ2v) is 8.05. The van der Waals surface area contributed by atoms with Crippen molar-refractivity contribution in [2.45, 2.75) is 6.92 Å². The molecular weight excluding hydrogens is 468 g/mol. The number of halogens is 1. The molecule has 2 aromatic carbocycles. The van der Waals surface area contributed by atoms with E-state index >= 15 is 0 Å². The van der Waals surface area contributed by atoms with Crippen LogP contribution in [0.15, 0.2) is 51.1 Å². The Balaban J connectivity index is 1.82. The van der Waals surface area contributed by atoms with Crippen molar-refractivity contribution in [3.8, 4) is 17.3 Å². The minimum Gasteiger partial charge on any atom is -0.375 e. The molecule has 1 aliphatic rings. The Hall–Kier alpha value is -3.42. The summed E-state index contributed by atoms with van der Waals surface area (Å²) < 4.78 is 0.258. The van der Waals surface area contributed by atoms with Gasteiger partial charge in [0.15, 0.2) is 10.1 Å². The highest BCUT2D eigenvalue weighted by Gasteiger charge is 2.38. The Kier molecular flexibility index (Phi) is 5.15. The highest BCUT2D eigenvalue weighted by Crippen LogP contribution is 2.42. The van der Waals surface area contributed by atoms with E-state index in [0.29, 0.717) is 15.8 Å². The van der Waals surface area contributed by atoms with E-state index in [1.165, 1.54) is 6.07 Å². The number of rotatable bonds is 4. The number of carbonyl (C=O) groups is 2. The number of azo groups is 1. The molecule has 2 N–H and O–H groups in total. The van der Waals surface area contributed by atoms with Gasteiger partial charge in [-0.1, -0.05) is 41.7 Å². The number of nitrogens with zero attached hydrogens (tertiary/aromatic N) is 5. The summed E-state index contributed by atoms with van der Waals surface area (Å²) in [5.74, 6) is -0.864. The zero-order valence-electron chi connectivity index (χ0n) is 15.6. The van der Waals surface area contributed by atoms with Crippen LogP contribution in [0, 0.1) is 11.3 Å². The van der Waals surface area contributed by atoms with E-state index < -0.39 is 11.8 Å². The Morgan fingerprint density at radius 3 is 2.63 bits per heavy atom. The smallest absolute Gasteiger partial charge is 0.262 e. The number of fused-ring (bicyclic) bond motifs is 1. The van der Waals surface area contributed by atoms with Crippen molar-refractivity contribution < 1.29 is 9.59 Å². The first-order valence-electron chi connectivity index (χ1n) is 8.82. The summed E-state index contributed by atoms with van der Waals surface area (Å²) in [6.07, 6.45) is 0. The van der Waals surface area contributed by atoms with E-state index in [9.17, 15) is 14.9 Å². The molecule has 10 heteroatoms. The Morgan fingerprint density at radius 1 is 1.23 bits per heavy atom. The normalized spacial score (nSPS) is 13.2. The summed E-state index contributed by atoms with van der Waals surface area (Å²) >= 11 is 4.51. The third kappa shape index (κ3) is 3.18. The molecule has 148 valence electrons. The van der Waals surface area contributed by atoms with Crippen molar-refractivity contribution in [1.82, 2.24) is 9.88 Å². The minimum atomic E-state index is -0.433. The summed E-state index contributed by atoms with van der Waals surface area (Å²) in [5.41, 5.74) is 7.92. The van der Waals surface area contributed by atoms with Crippen LogP contribution < -0.4 is 5.73 Å². The lowest BCUT2D eigenvalue weighted by Gasteiger charge is -2.09. The molecule has 1 aliphatic heterocycles. The average molecular weight is 481 g/mol. The fraction of sp³-hybridized carbons (Fsp3) is 0.100. The maximum Gasteiger partial charge on any atom is 0.262 e. The molecule has 8 nitrogen and oxygen atoms in total. The van der Waals surface area contributed by atoms with E-state index in [1.54, 1.807) is 6.92 Å². The Morgan fingerprint density at radius 2 is 1.97 bits per heavy atom. The van der Waals surface area contributed by atoms with Gasteiger partial charge in [-0.25, -0.2) is 4.98 Å². The van der Waals surface area contributed by atoms with Crippen LogP contribution in [-0.2, 0) is 0 Å². The van der Waals surface area contributed by atoms with Gasteiger partial charge in [-0.05, 0) is 28.9 Å². The summed E-state index contributed by atoms with van der Waals surface area (Å²) in [4.78, 5) is 30.5. The lowest BCUT2D eigenvalue weighted by Crippen LogP contribution is -2.29. The van der Waals surface area contributed by atoms with Crippen LogP contribution in [0.1, 0.15) is 33.2 Å². The maximum absolute atomic E-state index is 12.6. The van der Waals surface area contributed by atoms with E-state index in [4.69, 9.17) is 5.73 Å². The van der Waals surface area contributed by atoms with Crippen LogP contribution in [-0.4, -0.2) is 28.2 Å². The van der Waals surface area contributed by atoms with E-state index in [1.807, 2.05) is 36.4 Å². The number of nitrogens with two attached hydrogens (primary N) is 1. The number of aromatic nitrogens is 1.